The predicted molar refractivity (Wildman–Crippen MR) is 85.3 cm³/mol. The Morgan fingerprint density at radius 2 is 1.83 bits per heavy atom. The van der Waals surface area contributed by atoms with Gasteiger partial charge in [0.1, 0.15) is 0 Å². The third kappa shape index (κ3) is 3.16. The first-order valence-corrected chi connectivity index (χ1v) is 6.89. The van der Waals surface area contributed by atoms with E-state index < -0.39 is 11.9 Å². The van der Waals surface area contributed by atoms with E-state index in [1.807, 2.05) is 24.3 Å². The van der Waals surface area contributed by atoms with Gasteiger partial charge in [0.05, 0.1) is 18.2 Å². The zero-order valence-electron chi connectivity index (χ0n) is 12.3. The maximum Gasteiger partial charge on any atom is 0.337 e. The van der Waals surface area contributed by atoms with E-state index in [0.717, 1.165) is 10.9 Å². The van der Waals surface area contributed by atoms with Gasteiger partial charge in [-0.3, -0.25) is 4.79 Å². The quantitative estimate of drug-likeness (QED) is 0.752. The number of esters is 1. The maximum absolute atomic E-state index is 12.3. The van der Waals surface area contributed by atoms with E-state index >= 15 is 0 Å². The molecule has 0 spiro atoms. The van der Waals surface area contributed by atoms with Gasteiger partial charge in [-0.2, -0.15) is 0 Å². The van der Waals surface area contributed by atoms with E-state index in [1.165, 1.54) is 13.2 Å². The highest BCUT2D eigenvalue weighted by Crippen LogP contribution is 2.14. The van der Waals surface area contributed by atoms with Crippen molar-refractivity contribution in [2.75, 3.05) is 12.4 Å². The topological polar surface area (TPSA) is 81.2 Å². The molecule has 1 heterocycles. The Morgan fingerprint density at radius 3 is 2.65 bits per heavy atom. The summed E-state index contributed by atoms with van der Waals surface area (Å²) in [5.41, 5.74) is 1.76. The summed E-state index contributed by atoms with van der Waals surface area (Å²) in [5.74, 6) is -0.864. The van der Waals surface area contributed by atoms with Crippen molar-refractivity contribution >= 4 is 28.5 Å². The van der Waals surface area contributed by atoms with Gasteiger partial charge in [0.2, 0.25) is 0 Å². The third-order valence-electron chi connectivity index (χ3n) is 3.27. The number of benzene rings is 2. The molecule has 0 atom stereocenters. The molecule has 114 valence electrons. The number of rotatable bonds is 3. The van der Waals surface area contributed by atoms with Crippen LogP contribution in [0.3, 0.4) is 0 Å². The number of aromatic nitrogens is 2. The highest BCUT2D eigenvalue weighted by atomic mass is 16.5. The number of nitrogens with zero attached hydrogens (tertiary/aromatic N) is 2. The number of anilines is 1. The zero-order chi connectivity index (χ0) is 16.2. The Kier molecular flexibility index (Phi) is 3.97. The van der Waals surface area contributed by atoms with Gasteiger partial charge in [0.15, 0.2) is 5.69 Å². The van der Waals surface area contributed by atoms with E-state index in [9.17, 15) is 9.59 Å². The molecule has 1 amide bonds. The summed E-state index contributed by atoms with van der Waals surface area (Å²) >= 11 is 0. The fraction of sp³-hybridized carbons (Fsp3) is 0.0588. The summed E-state index contributed by atoms with van der Waals surface area (Å²) in [7, 11) is 1.30. The summed E-state index contributed by atoms with van der Waals surface area (Å²) in [5, 5.41) is 11.5. The molecule has 0 saturated heterocycles. The number of methoxy groups -OCH3 is 1. The highest BCUT2D eigenvalue weighted by molar-refractivity contribution is 6.04. The smallest absolute Gasteiger partial charge is 0.337 e. The summed E-state index contributed by atoms with van der Waals surface area (Å²) in [4.78, 5) is 23.8. The number of hydrogen-bond donors (Lipinski definition) is 1. The molecule has 3 rings (SSSR count). The molecule has 3 aromatic rings. The van der Waals surface area contributed by atoms with Gasteiger partial charge in [0, 0.05) is 11.1 Å². The van der Waals surface area contributed by atoms with Gasteiger partial charge < -0.3 is 10.1 Å². The second-order valence-corrected chi connectivity index (χ2v) is 4.81. The molecule has 0 fully saturated rings. The molecule has 23 heavy (non-hydrogen) atoms. The minimum Gasteiger partial charge on any atom is -0.465 e. The lowest BCUT2D eigenvalue weighted by molar-refractivity contribution is 0.0600. The van der Waals surface area contributed by atoms with E-state index in [4.69, 9.17) is 0 Å². The summed E-state index contributed by atoms with van der Waals surface area (Å²) in [6, 6.07) is 15.6. The van der Waals surface area contributed by atoms with E-state index in [-0.39, 0.29) is 5.69 Å². The van der Waals surface area contributed by atoms with Crippen LogP contribution in [0.1, 0.15) is 20.8 Å². The monoisotopic (exact) mass is 307 g/mol. The van der Waals surface area contributed by atoms with Gasteiger partial charge >= 0.3 is 5.97 Å². The number of ether oxygens (including phenoxy) is 1. The molecule has 2 aromatic carbocycles. The molecule has 0 bridgehead atoms. The molecule has 0 aliphatic carbocycles. The fourth-order valence-electron chi connectivity index (χ4n) is 2.13. The first kappa shape index (κ1) is 14.6. The number of carbonyl (C=O) groups is 2. The molecular formula is C17H13N3O3. The van der Waals surface area contributed by atoms with Crippen LogP contribution in [-0.4, -0.2) is 29.2 Å². The van der Waals surface area contributed by atoms with E-state index in [1.54, 1.807) is 24.3 Å². The Labute approximate surface area is 132 Å². The molecule has 1 N–H and O–H groups in total. The van der Waals surface area contributed by atoms with Gasteiger partial charge in [0.25, 0.3) is 5.91 Å². The van der Waals surface area contributed by atoms with Crippen molar-refractivity contribution in [1.82, 2.24) is 10.2 Å². The first-order chi connectivity index (χ1) is 11.2. The Bertz CT molecular complexity index is 893. The van der Waals surface area contributed by atoms with Crippen LogP contribution in [0.25, 0.3) is 10.9 Å². The fourth-order valence-corrected chi connectivity index (χ4v) is 2.13. The largest absolute Gasteiger partial charge is 0.465 e. The molecule has 0 aliphatic heterocycles. The zero-order valence-corrected chi connectivity index (χ0v) is 12.3. The molecule has 0 unspecified atom stereocenters. The van der Waals surface area contributed by atoms with Crippen LogP contribution in [0.2, 0.25) is 0 Å². The van der Waals surface area contributed by atoms with Crippen LogP contribution in [-0.2, 0) is 4.74 Å². The van der Waals surface area contributed by atoms with Crippen LogP contribution in [0.5, 0.6) is 0 Å². The average molecular weight is 307 g/mol. The second kappa shape index (κ2) is 6.23. The summed E-state index contributed by atoms with van der Waals surface area (Å²) < 4.78 is 4.66. The second-order valence-electron chi connectivity index (χ2n) is 4.81. The standard InChI is InChI=1S/C17H13N3O3/c1-23-17(22)12-6-4-7-13(9-12)18-16(21)15-10-11-5-2-3-8-14(11)19-20-15/h2-10H,1H3,(H,18,21). The average Bonchev–Trinajstić information content (AvgIpc) is 2.60. The van der Waals surface area contributed by atoms with Crippen LogP contribution in [0.4, 0.5) is 5.69 Å². The van der Waals surface area contributed by atoms with Crippen molar-refractivity contribution in [3.8, 4) is 0 Å². The number of nitrogens with one attached hydrogen (secondary N) is 1. The van der Waals surface area contributed by atoms with Crippen LogP contribution in [0, 0.1) is 0 Å². The summed E-state index contributed by atoms with van der Waals surface area (Å²) in [6.45, 7) is 0. The van der Waals surface area contributed by atoms with E-state index in [0.29, 0.717) is 11.3 Å². The lowest BCUT2D eigenvalue weighted by atomic mass is 10.2. The van der Waals surface area contributed by atoms with Gasteiger partial charge in [-0.1, -0.05) is 24.3 Å². The van der Waals surface area contributed by atoms with Crippen molar-refractivity contribution in [1.29, 1.82) is 0 Å². The molecule has 0 saturated carbocycles. The SMILES string of the molecule is COC(=O)c1cccc(NC(=O)c2cc3ccccc3nn2)c1. The Morgan fingerprint density at radius 1 is 1.00 bits per heavy atom. The normalized spacial score (nSPS) is 10.3. The molecule has 1 aromatic heterocycles. The summed E-state index contributed by atoms with van der Waals surface area (Å²) in [6.07, 6.45) is 0. The number of amides is 1. The molecular weight excluding hydrogens is 294 g/mol. The Balaban J connectivity index is 1.84. The molecule has 6 heteroatoms. The number of fused-ring (bicyclic) bond motifs is 1. The van der Waals surface area contributed by atoms with Crippen molar-refractivity contribution in [2.45, 2.75) is 0 Å². The van der Waals surface area contributed by atoms with Crippen molar-refractivity contribution in [3.63, 3.8) is 0 Å². The maximum atomic E-state index is 12.3. The molecule has 6 nitrogen and oxygen atoms in total. The lowest BCUT2D eigenvalue weighted by Gasteiger charge is -2.06. The number of hydrogen-bond acceptors (Lipinski definition) is 5. The van der Waals surface area contributed by atoms with E-state index in [2.05, 4.69) is 20.3 Å². The molecule has 0 aliphatic rings. The van der Waals surface area contributed by atoms with Gasteiger partial charge in [-0.25, -0.2) is 4.79 Å². The number of carbonyl (C=O) groups excluding carboxylic acids is 2. The minimum absolute atomic E-state index is 0.201. The third-order valence-corrected chi connectivity index (χ3v) is 3.27. The van der Waals surface area contributed by atoms with Crippen molar-refractivity contribution in [3.05, 3.63) is 65.9 Å². The molecule has 0 radical (unpaired) electrons. The van der Waals surface area contributed by atoms with Gasteiger partial charge in [-0.15, -0.1) is 10.2 Å². The van der Waals surface area contributed by atoms with Crippen molar-refractivity contribution < 1.29 is 14.3 Å². The first-order valence-electron chi connectivity index (χ1n) is 6.89. The lowest BCUT2D eigenvalue weighted by Crippen LogP contribution is -2.14. The van der Waals surface area contributed by atoms with Crippen LogP contribution < -0.4 is 5.32 Å². The van der Waals surface area contributed by atoms with Gasteiger partial charge in [-0.05, 0) is 30.3 Å². The minimum atomic E-state index is -0.466. The Hall–Kier alpha value is -3.28. The highest BCUT2D eigenvalue weighted by Gasteiger charge is 2.11. The van der Waals surface area contributed by atoms with Crippen molar-refractivity contribution in [2.24, 2.45) is 0 Å². The predicted octanol–water partition coefficient (Wildman–Crippen LogP) is 2.67. The van der Waals surface area contributed by atoms with Crippen LogP contribution >= 0.6 is 0 Å². The van der Waals surface area contributed by atoms with Crippen LogP contribution in [0.15, 0.2) is 54.6 Å².